The second kappa shape index (κ2) is 8.47. The summed E-state index contributed by atoms with van der Waals surface area (Å²) in [5.74, 6) is -0.929. The van der Waals surface area contributed by atoms with Crippen LogP contribution in [0.25, 0.3) is 0 Å². The Morgan fingerprint density at radius 2 is 1.79 bits per heavy atom. The predicted molar refractivity (Wildman–Crippen MR) is 105 cm³/mol. The van der Waals surface area contributed by atoms with Gasteiger partial charge in [-0.25, -0.2) is 4.79 Å². The molecule has 2 amide bonds. The highest BCUT2D eigenvalue weighted by atomic mass is 16.5. The van der Waals surface area contributed by atoms with Crippen molar-refractivity contribution in [2.75, 3.05) is 26.1 Å². The van der Waals surface area contributed by atoms with Crippen LogP contribution < -0.4 is 14.8 Å². The van der Waals surface area contributed by atoms with Crippen LogP contribution in [0.4, 0.5) is 5.69 Å². The van der Waals surface area contributed by atoms with Crippen LogP contribution in [0.5, 0.6) is 11.5 Å². The number of nitrogens with zero attached hydrogens (tertiary/aromatic N) is 1. The number of rotatable bonds is 8. The quantitative estimate of drug-likeness (QED) is 0.660. The van der Waals surface area contributed by atoms with E-state index in [1.54, 1.807) is 31.4 Å². The summed E-state index contributed by atoms with van der Waals surface area (Å²) in [5, 5.41) is 12.0. The van der Waals surface area contributed by atoms with Gasteiger partial charge in [0.05, 0.1) is 25.5 Å². The standard InChI is InChI=1S/C21H20N2O6/c1-28-17-8-7-13(11-18(17)29-2)9-10-23-19(24)12-16(20(23)25)22-15-6-4-3-5-14(15)21(26)27/h3-8,11-12,22H,9-10H2,1-2H3,(H,26,27). The zero-order valence-electron chi connectivity index (χ0n) is 16.0. The molecule has 2 aromatic carbocycles. The summed E-state index contributed by atoms with van der Waals surface area (Å²) in [6.07, 6.45) is 1.61. The number of hydrogen-bond acceptors (Lipinski definition) is 6. The smallest absolute Gasteiger partial charge is 0.337 e. The number of carbonyl (C=O) groups is 3. The maximum absolute atomic E-state index is 12.6. The lowest BCUT2D eigenvalue weighted by molar-refractivity contribution is -0.137. The minimum Gasteiger partial charge on any atom is -0.493 e. The van der Waals surface area contributed by atoms with Gasteiger partial charge in [-0.15, -0.1) is 0 Å². The molecular weight excluding hydrogens is 376 g/mol. The number of benzene rings is 2. The van der Waals surface area contributed by atoms with Gasteiger partial charge in [-0.1, -0.05) is 18.2 Å². The third kappa shape index (κ3) is 4.21. The summed E-state index contributed by atoms with van der Waals surface area (Å²) in [5.41, 5.74) is 1.17. The minimum atomic E-state index is -1.13. The monoisotopic (exact) mass is 396 g/mol. The van der Waals surface area contributed by atoms with Gasteiger partial charge < -0.3 is 19.9 Å². The van der Waals surface area contributed by atoms with E-state index in [4.69, 9.17) is 9.47 Å². The molecule has 29 heavy (non-hydrogen) atoms. The molecule has 0 radical (unpaired) electrons. The number of aromatic carboxylic acids is 1. The van der Waals surface area contributed by atoms with Crippen molar-refractivity contribution in [1.82, 2.24) is 4.90 Å². The number of carboxylic acid groups (broad SMARTS) is 1. The van der Waals surface area contributed by atoms with Gasteiger partial charge in [0, 0.05) is 12.6 Å². The van der Waals surface area contributed by atoms with Crippen molar-refractivity contribution in [2.24, 2.45) is 0 Å². The Morgan fingerprint density at radius 1 is 1.07 bits per heavy atom. The fourth-order valence-electron chi connectivity index (χ4n) is 3.01. The van der Waals surface area contributed by atoms with E-state index in [0.717, 1.165) is 10.5 Å². The summed E-state index contributed by atoms with van der Waals surface area (Å²) >= 11 is 0. The highest BCUT2D eigenvalue weighted by Gasteiger charge is 2.31. The molecule has 0 spiro atoms. The van der Waals surface area contributed by atoms with Gasteiger partial charge in [0.15, 0.2) is 11.5 Å². The molecule has 2 N–H and O–H groups in total. The number of imide groups is 1. The molecule has 0 saturated heterocycles. The van der Waals surface area contributed by atoms with Gasteiger partial charge >= 0.3 is 5.97 Å². The average molecular weight is 396 g/mol. The summed E-state index contributed by atoms with van der Waals surface area (Å²) in [6.45, 7) is 0.176. The summed E-state index contributed by atoms with van der Waals surface area (Å²) in [7, 11) is 3.08. The van der Waals surface area contributed by atoms with Gasteiger partial charge in [-0.3, -0.25) is 14.5 Å². The largest absolute Gasteiger partial charge is 0.493 e. The first-order valence-electron chi connectivity index (χ1n) is 8.82. The van der Waals surface area contributed by atoms with Crippen LogP contribution >= 0.6 is 0 Å². The average Bonchev–Trinajstić information content (AvgIpc) is 2.99. The highest BCUT2D eigenvalue weighted by molar-refractivity contribution is 6.17. The molecule has 1 aliphatic rings. The Kier molecular flexibility index (Phi) is 5.82. The van der Waals surface area contributed by atoms with Gasteiger partial charge in [-0.2, -0.15) is 0 Å². The van der Waals surface area contributed by atoms with Crippen LogP contribution in [0.2, 0.25) is 0 Å². The van der Waals surface area contributed by atoms with Crippen molar-refractivity contribution in [3.8, 4) is 11.5 Å². The molecule has 2 aromatic rings. The number of hydrogen-bond donors (Lipinski definition) is 2. The van der Waals surface area contributed by atoms with Crippen molar-refractivity contribution in [3.05, 3.63) is 65.4 Å². The van der Waals surface area contributed by atoms with Gasteiger partial charge in [0.2, 0.25) is 0 Å². The van der Waals surface area contributed by atoms with Crippen molar-refractivity contribution < 1.29 is 29.0 Å². The topological polar surface area (TPSA) is 105 Å². The summed E-state index contributed by atoms with van der Waals surface area (Å²) in [4.78, 5) is 37.3. The zero-order valence-corrected chi connectivity index (χ0v) is 16.0. The fourth-order valence-corrected chi connectivity index (χ4v) is 3.01. The molecule has 8 heteroatoms. The van der Waals surface area contributed by atoms with Crippen LogP contribution in [0.3, 0.4) is 0 Å². The maximum Gasteiger partial charge on any atom is 0.337 e. The normalized spacial score (nSPS) is 13.3. The third-order valence-electron chi connectivity index (χ3n) is 4.51. The molecule has 0 aliphatic carbocycles. The van der Waals surface area contributed by atoms with E-state index in [2.05, 4.69) is 5.32 Å². The Bertz CT molecular complexity index is 998. The fraction of sp³-hybridized carbons (Fsp3) is 0.190. The Labute approximate surface area is 167 Å². The summed E-state index contributed by atoms with van der Waals surface area (Å²) in [6, 6.07) is 11.6. The third-order valence-corrected chi connectivity index (χ3v) is 4.51. The first-order chi connectivity index (χ1) is 13.9. The van der Waals surface area contributed by atoms with Crippen LogP contribution in [-0.2, 0) is 16.0 Å². The van der Waals surface area contributed by atoms with Gasteiger partial charge in [0.25, 0.3) is 11.8 Å². The van der Waals surface area contributed by atoms with Crippen molar-refractivity contribution in [2.45, 2.75) is 6.42 Å². The van der Waals surface area contributed by atoms with E-state index in [-0.39, 0.29) is 23.5 Å². The molecular formula is C21H20N2O6. The van der Waals surface area contributed by atoms with E-state index in [0.29, 0.717) is 17.9 Å². The molecule has 0 atom stereocenters. The molecule has 1 heterocycles. The Hall–Kier alpha value is -3.81. The van der Waals surface area contributed by atoms with Crippen LogP contribution in [-0.4, -0.2) is 48.6 Å². The minimum absolute atomic E-state index is 0.0115. The first-order valence-corrected chi connectivity index (χ1v) is 8.82. The van der Waals surface area contributed by atoms with E-state index >= 15 is 0 Å². The number of nitrogens with one attached hydrogen (secondary N) is 1. The van der Waals surface area contributed by atoms with Crippen molar-refractivity contribution >= 4 is 23.5 Å². The molecule has 150 valence electrons. The molecule has 0 bridgehead atoms. The van der Waals surface area contributed by atoms with E-state index in [1.807, 2.05) is 6.07 Å². The molecule has 0 aromatic heterocycles. The second-order valence-corrected chi connectivity index (χ2v) is 6.27. The Balaban J connectivity index is 1.69. The molecule has 1 aliphatic heterocycles. The van der Waals surface area contributed by atoms with E-state index < -0.39 is 17.8 Å². The number of ether oxygens (including phenoxy) is 2. The van der Waals surface area contributed by atoms with Crippen molar-refractivity contribution in [3.63, 3.8) is 0 Å². The van der Waals surface area contributed by atoms with Crippen LogP contribution in [0, 0.1) is 0 Å². The lowest BCUT2D eigenvalue weighted by atomic mass is 10.1. The number of para-hydroxylation sites is 1. The molecule has 3 rings (SSSR count). The SMILES string of the molecule is COc1ccc(CCN2C(=O)C=C(Nc3ccccc3C(=O)O)C2=O)cc1OC. The lowest BCUT2D eigenvalue weighted by Gasteiger charge is -2.16. The summed E-state index contributed by atoms with van der Waals surface area (Å²) < 4.78 is 10.5. The number of methoxy groups -OCH3 is 2. The second-order valence-electron chi connectivity index (χ2n) is 6.27. The first kappa shape index (κ1) is 19.9. The highest BCUT2D eigenvalue weighted by Crippen LogP contribution is 2.28. The molecule has 8 nitrogen and oxygen atoms in total. The zero-order chi connectivity index (χ0) is 21.0. The van der Waals surface area contributed by atoms with Crippen molar-refractivity contribution in [1.29, 1.82) is 0 Å². The van der Waals surface area contributed by atoms with Gasteiger partial charge in [-0.05, 0) is 36.2 Å². The predicted octanol–water partition coefficient (Wildman–Crippen LogP) is 2.31. The molecule has 0 saturated carbocycles. The number of carboxylic acids is 1. The van der Waals surface area contributed by atoms with Gasteiger partial charge in [0.1, 0.15) is 5.70 Å². The Morgan fingerprint density at radius 3 is 2.48 bits per heavy atom. The number of amides is 2. The lowest BCUT2D eigenvalue weighted by Crippen LogP contribution is -2.34. The molecule has 0 fully saturated rings. The number of anilines is 1. The van der Waals surface area contributed by atoms with Crippen LogP contribution in [0.1, 0.15) is 15.9 Å². The van der Waals surface area contributed by atoms with E-state index in [9.17, 15) is 19.5 Å². The molecule has 0 unspecified atom stereocenters. The number of carbonyl (C=O) groups excluding carboxylic acids is 2. The van der Waals surface area contributed by atoms with E-state index in [1.165, 1.54) is 25.3 Å². The van der Waals surface area contributed by atoms with Crippen LogP contribution in [0.15, 0.2) is 54.2 Å². The maximum atomic E-state index is 12.6.